The summed E-state index contributed by atoms with van der Waals surface area (Å²) in [5, 5.41) is 12.7. The third kappa shape index (κ3) is 7.19. The van der Waals surface area contributed by atoms with Crippen molar-refractivity contribution >= 4 is 35.6 Å². The first-order valence-electron chi connectivity index (χ1n) is 11.3. The lowest BCUT2D eigenvalue weighted by Gasteiger charge is -2.36. The third-order valence-electron chi connectivity index (χ3n) is 6.15. The zero-order valence-electron chi connectivity index (χ0n) is 19.2. The van der Waals surface area contributed by atoms with Gasteiger partial charge in [-0.2, -0.15) is 5.26 Å². The molecule has 1 atom stereocenters. The van der Waals surface area contributed by atoms with E-state index >= 15 is 0 Å². The summed E-state index contributed by atoms with van der Waals surface area (Å²) in [5.74, 6) is -0.600. The van der Waals surface area contributed by atoms with Crippen molar-refractivity contribution in [3.63, 3.8) is 0 Å². The molecule has 0 aromatic heterocycles. The van der Waals surface area contributed by atoms with Gasteiger partial charge in [0.1, 0.15) is 5.82 Å². The normalized spacial score (nSPS) is 14.5. The molecule has 1 heterocycles. The van der Waals surface area contributed by atoms with E-state index < -0.39 is 0 Å². The van der Waals surface area contributed by atoms with Crippen LogP contribution in [0.25, 0.3) is 0 Å². The maximum absolute atomic E-state index is 13.2. The van der Waals surface area contributed by atoms with Crippen molar-refractivity contribution in [2.75, 3.05) is 37.6 Å². The van der Waals surface area contributed by atoms with Crippen LogP contribution in [-0.4, -0.2) is 43.5 Å². The first-order valence-corrected chi connectivity index (χ1v) is 11.7. The van der Waals surface area contributed by atoms with Crippen molar-refractivity contribution in [1.82, 2.24) is 10.2 Å². The number of carbonyl (C=O) groups is 1. The molecule has 5 nitrogen and oxygen atoms in total. The molecule has 3 aromatic carbocycles. The fraction of sp³-hybridized carbons (Fsp3) is 0.259. The van der Waals surface area contributed by atoms with E-state index in [4.69, 9.17) is 16.9 Å². The van der Waals surface area contributed by atoms with Crippen LogP contribution in [0.15, 0.2) is 72.8 Å². The van der Waals surface area contributed by atoms with Crippen molar-refractivity contribution in [2.24, 2.45) is 0 Å². The molecular formula is C27H27Cl2FN4O. The molecule has 1 fully saturated rings. The molecule has 0 bridgehead atoms. The summed E-state index contributed by atoms with van der Waals surface area (Å²) >= 11 is 6.06. The predicted molar refractivity (Wildman–Crippen MR) is 140 cm³/mol. The summed E-state index contributed by atoms with van der Waals surface area (Å²) in [4.78, 5) is 17.5. The number of anilines is 1. The van der Waals surface area contributed by atoms with Crippen molar-refractivity contribution in [3.05, 3.63) is 100 Å². The molecule has 0 radical (unpaired) electrons. The number of halogens is 3. The smallest absolute Gasteiger partial charge is 0.251 e. The van der Waals surface area contributed by atoms with Crippen molar-refractivity contribution in [2.45, 2.75) is 12.5 Å². The molecule has 1 aliphatic rings. The summed E-state index contributed by atoms with van der Waals surface area (Å²) in [5.41, 5.74) is 3.20. The zero-order valence-corrected chi connectivity index (χ0v) is 20.7. The molecule has 3 aromatic rings. The van der Waals surface area contributed by atoms with E-state index in [0.717, 1.165) is 50.4 Å². The van der Waals surface area contributed by atoms with E-state index in [-0.39, 0.29) is 30.2 Å². The molecule has 0 spiro atoms. The van der Waals surface area contributed by atoms with Crippen LogP contribution in [0, 0.1) is 17.1 Å². The van der Waals surface area contributed by atoms with Gasteiger partial charge >= 0.3 is 0 Å². The van der Waals surface area contributed by atoms with E-state index in [1.807, 2.05) is 48.5 Å². The van der Waals surface area contributed by atoms with Crippen LogP contribution in [0.3, 0.4) is 0 Å². The van der Waals surface area contributed by atoms with Gasteiger partial charge in [0, 0.05) is 49.0 Å². The predicted octanol–water partition coefficient (Wildman–Crippen LogP) is 5.46. The molecule has 0 aliphatic carbocycles. The van der Waals surface area contributed by atoms with Crippen LogP contribution < -0.4 is 10.2 Å². The highest BCUT2D eigenvalue weighted by atomic mass is 35.5. The van der Waals surface area contributed by atoms with Gasteiger partial charge in [-0.05, 0) is 72.6 Å². The lowest BCUT2D eigenvalue weighted by atomic mass is 10.0. The number of hydrogen-bond acceptors (Lipinski definition) is 4. The van der Waals surface area contributed by atoms with Gasteiger partial charge in [0.2, 0.25) is 0 Å². The summed E-state index contributed by atoms with van der Waals surface area (Å²) < 4.78 is 13.2. The minimum Gasteiger partial charge on any atom is -0.369 e. The first kappa shape index (κ1) is 26.5. The monoisotopic (exact) mass is 512 g/mol. The zero-order chi connectivity index (χ0) is 23.9. The Morgan fingerprint density at radius 2 is 1.60 bits per heavy atom. The largest absolute Gasteiger partial charge is 0.369 e. The number of nitriles is 1. The maximum Gasteiger partial charge on any atom is 0.251 e. The fourth-order valence-corrected chi connectivity index (χ4v) is 4.27. The van der Waals surface area contributed by atoms with Crippen LogP contribution in [0.2, 0.25) is 5.02 Å². The lowest BCUT2D eigenvalue weighted by molar-refractivity contribution is 0.0931. The third-order valence-corrected chi connectivity index (χ3v) is 6.40. The van der Waals surface area contributed by atoms with Crippen LogP contribution in [0.5, 0.6) is 0 Å². The highest BCUT2D eigenvalue weighted by Gasteiger charge is 2.21. The molecule has 182 valence electrons. The molecule has 4 rings (SSSR count). The Labute approximate surface area is 216 Å². The Morgan fingerprint density at radius 1 is 0.971 bits per heavy atom. The average molecular weight is 513 g/mol. The quantitative estimate of drug-likeness (QED) is 0.456. The molecule has 1 unspecified atom stereocenters. The molecule has 1 saturated heterocycles. The summed E-state index contributed by atoms with van der Waals surface area (Å²) in [6.07, 6.45) is 0.742. The van der Waals surface area contributed by atoms with Crippen LogP contribution in [0.4, 0.5) is 10.1 Å². The lowest BCUT2D eigenvalue weighted by Crippen LogP contribution is -2.47. The number of benzene rings is 3. The Hall–Kier alpha value is -3.11. The Balaban J connectivity index is 0.00000342. The van der Waals surface area contributed by atoms with Gasteiger partial charge in [0.15, 0.2) is 0 Å². The van der Waals surface area contributed by atoms with E-state index in [1.54, 1.807) is 0 Å². The van der Waals surface area contributed by atoms with E-state index in [2.05, 4.69) is 21.2 Å². The molecule has 1 aliphatic heterocycles. The standard InChI is InChI=1S/C27H26ClFN4O.ClH/c28-23-7-3-21(4-8-23)26(31-27(34)22-5-9-24(29)10-6-22)13-14-32-15-17-33(18-16-32)25-11-1-20(19-30)2-12-25;/h1-12,26H,13-18H2,(H,31,34);1H. The van der Waals surface area contributed by atoms with Gasteiger partial charge in [-0.15, -0.1) is 12.4 Å². The number of carbonyl (C=O) groups excluding carboxylic acids is 1. The van der Waals surface area contributed by atoms with Crippen molar-refractivity contribution in [3.8, 4) is 6.07 Å². The van der Waals surface area contributed by atoms with E-state index in [1.165, 1.54) is 24.3 Å². The SMILES string of the molecule is Cl.N#Cc1ccc(N2CCN(CCC(NC(=O)c3ccc(F)cc3)c3ccc(Cl)cc3)CC2)cc1. The minimum atomic E-state index is -0.369. The average Bonchev–Trinajstić information content (AvgIpc) is 2.88. The number of rotatable bonds is 7. The van der Waals surface area contributed by atoms with E-state index in [9.17, 15) is 9.18 Å². The van der Waals surface area contributed by atoms with Gasteiger partial charge < -0.3 is 10.2 Å². The first-order chi connectivity index (χ1) is 16.5. The molecule has 1 amide bonds. The van der Waals surface area contributed by atoms with Crippen LogP contribution in [0.1, 0.15) is 33.9 Å². The topological polar surface area (TPSA) is 59.4 Å². The van der Waals surface area contributed by atoms with Crippen LogP contribution >= 0.6 is 24.0 Å². The summed E-state index contributed by atoms with van der Waals surface area (Å²) in [6.45, 7) is 4.47. The van der Waals surface area contributed by atoms with Gasteiger partial charge in [-0.1, -0.05) is 23.7 Å². The number of nitrogens with one attached hydrogen (secondary N) is 1. The van der Waals surface area contributed by atoms with Gasteiger partial charge in [-0.25, -0.2) is 4.39 Å². The van der Waals surface area contributed by atoms with Gasteiger partial charge in [0.25, 0.3) is 5.91 Å². The molecular weight excluding hydrogens is 486 g/mol. The molecule has 0 saturated carbocycles. The van der Waals surface area contributed by atoms with E-state index in [0.29, 0.717) is 16.1 Å². The second-order valence-electron chi connectivity index (χ2n) is 8.36. The van der Waals surface area contributed by atoms with Gasteiger partial charge in [0.05, 0.1) is 17.7 Å². The number of amides is 1. The number of piperazine rings is 1. The van der Waals surface area contributed by atoms with Crippen LogP contribution in [-0.2, 0) is 0 Å². The van der Waals surface area contributed by atoms with Crippen molar-refractivity contribution < 1.29 is 9.18 Å². The Kier molecular flexibility index (Phi) is 9.50. The Morgan fingerprint density at radius 3 is 2.20 bits per heavy atom. The van der Waals surface area contributed by atoms with Gasteiger partial charge in [-0.3, -0.25) is 9.69 Å². The second kappa shape index (κ2) is 12.6. The molecule has 35 heavy (non-hydrogen) atoms. The highest BCUT2D eigenvalue weighted by molar-refractivity contribution is 6.30. The highest BCUT2D eigenvalue weighted by Crippen LogP contribution is 2.22. The maximum atomic E-state index is 13.2. The molecule has 8 heteroatoms. The summed E-state index contributed by atoms with van der Waals surface area (Å²) in [6, 6.07) is 22.7. The Bertz CT molecular complexity index is 1140. The number of hydrogen-bond donors (Lipinski definition) is 1. The fourth-order valence-electron chi connectivity index (χ4n) is 4.15. The summed E-state index contributed by atoms with van der Waals surface area (Å²) in [7, 11) is 0. The minimum absolute atomic E-state index is 0. The van der Waals surface area contributed by atoms with Crippen molar-refractivity contribution in [1.29, 1.82) is 5.26 Å². The second-order valence-corrected chi connectivity index (χ2v) is 8.80. The number of nitrogens with zero attached hydrogens (tertiary/aromatic N) is 3. The molecule has 1 N–H and O–H groups in total.